The molecule has 102 valence electrons. The van der Waals surface area contributed by atoms with Gasteiger partial charge in [0.25, 0.3) is 0 Å². The van der Waals surface area contributed by atoms with Gasteiger partial charge in [-0.25, -0.2) is 0 Å². The summed E-state index contributed by atoms with van der Waals surface area (Å²) in [6.07, 6.45) is -4.36. The van der Waals surface area contributed by atoms with Crippen molar-refractivity contribution in [1.29, 1.82) is 0 Å². The normalized spacial score (nSPS) is 13.4. The van der Waals surface area contributed by atoms with E-state index in [0.29, 0.717) is 11.3 Å². The molecule has 2 N–H and O–H groups in total. The molecule has 0 saturated carbocycles. The van der Waals surface area contributed by atoms with Crippen molar-refractivity contribution < 1.29 is 22.6 Å². The van der Waals surface area contributed by atoms with Gasteiger partial charge in [0.05, 0.1) is 0 Å². The van der Waals surface area contributed by atoms with E-state index >= 15 is 0 Å². The highest BCUT2D eigenvalue weighted by Crippen LogP contribution is 2.27. The second-order valence-electron chi connectivity index (χ2n) is 3.70. The number of benzene rings is 1. The van der Waals surface area contributed by atoms with E-state index in [4.69, 9.17) is 10.5 Å². The first-order valence-electron chi connectivity index (χ1n) is 5.12. The number of halogens is 4. The monoisotopic (exact) mass is 327 g/mol. The molecule has 0 radical (unpaired) electrons. The summed E-state index contributed by atoms with van der Waals surface area (Å²) in [5.41, 5.74) is 6.42. The predicted octanol–water partition coefficient (Wildman–Crippen LogP) is 3.38. The minimum Gasteiger partial charge on any atom is -0.467 e. The molecule has 18 heavy (non-hydrogen) atoms. The topological polar surface area (TPSA) is 44.5 Å². The molecule has 0 fully saturated rings. The number of ether oxygens (including phenoxy) is 2. The summed E-state index contributed by atoms with van der Waals surface area (Å²) in [7, 11) is 0. The third kappa shape index (κ3) is 5.24. The van der Waals surface area contributed by atoms with Crippen molar-refractivity contribution in [2.45, 2.75) is 19.1 Å². The van der Waals surface area contributed by atoms with Gasteiger partial charge < -0.3 is 15.2 Å². The molecule has 1 atom stereocenters. The Morgan fingerprint density at radius 1 is 1.39 bits per heavy atom. The van der Waals surface area contributed by atoms with Crippen LogP contribution >= 0.6 is 15.9 Å². The molecule has 3 nitrogen and oxygen atoms in total. The summed E-state index contributed by atoms with van der Waals surface area (Å²) in [4.78, 5) is 0. The van der Waals surface area contributed by atoms with Crippen LogP contribution in [-0.4, -0.2) is 19.6 Å². The van der Waals surface area contributed by atoms with Crippen molar-refractivity contribution in [3.05, 3.63) is 28.2 Å². The zero-order valence-electron chi connectivity index (χ0n) is 9.63. The van der Waals surface area contributed by atoms with Gasteiger partial charge in [-0.2, -0.15) is 13.2 Å². The molecule has 0 amide bonds. The van der Waals surface area contributed by atoms with Crippen LogP contribution < -0.4 is 10.5 Å². The number of hydrogen-bond acceptors (Lipinski definition) is 3. The summed E-state index contributed by atoms with van der Waals surface area (Å²) in [5, 5.41) is 0. The summed E-state index contributed by atoms with van der Waals surface area (Å²) in [5.74, 6) is 0.404. The van der Waals surface area contributed by atoms with Crippen molar-refractivity contribution in [3.8, 4) is 5.75 Å². The molecule has 0 saturated heterocycles. The van der Waals surface area contributed by atoms with Gasteiger partial charge in [-0.3, -0.25) is 0 Å². The second-order valence-corrected chi connectivity index (χ2v) is 4.61. The van der Waals surface area contributed by atoms with Crippen LogP contribution in [0.2, 0.25) is 0 Å². The van der Waals surface area contributed by atoms with E-state index in [0.717, 1.165) is 4.47 Å². The fraction of sp³-hybridized carbons (Fsp3) is 0.455. The average molecular weight is 328 g/mol. The quantitative estimate of drug-likeness (QED) is 0.666. The van der Waals surface area contributed by atoms with Crippen LogP contribution in [0.1, 0.15) is 18.5 Å². The van der Waals surface area contributed by atoms with E-state index in [1.54, 1.807) is 25.1 Å². The lowest BCUT2D eigenvalue weighted by Crippen LogP contribution is -2.19. The summed E-state index contributed by atoms with van der Waals surface area (Å²) < 4.78 is 45.8. The first-order chi connectivity index (χ1) is 8.29. The molecule has 1 unspecified atom stereocenters. The van der Waals surface area contributed by atoms with Crippen LogP contribution in [0.15, 0.2) is 22.7 Å². The highest BCUT2D eigenvalue weighted by molar-refractivity contribution is 9.10. The Hall–Kier alpha value is -0.790. The molecular weight excluding hydrogens is 315 g/mol. The van der Waals surface area contributed by atoms with Crippen molar-refractivity contribution in [2.75, 3.05) is 13.4 Å². The van der Waals surface area contributed by atoms with Gasteiger partial charge in [0, 0.05) is 16.1 Å². The Balaban J connectivity index is 2.58. The second kappa shape index (κ2) is 6.40. The minimum absolute atomic E-state index is 0.282. The van der Waals surface area contributed by atoms with E-state index in [-0.39, 0.29) is 6.04 Å². The van der Waals surface area contributed by atoms with Gasteiger partial charge in [0.1, 0.15) is 12.4 Å². The van der Waals surface area contributed by atoms with E-state index in [9.17, 15) is 13.2 Å². The van der Waals surface area contributed by atoms with Gasteiger partial charge in [-0.05, 0) is 19.1 Å². The number of hydrogen-bond donors (Lipinski definition) is 1. The van der Waals surface area contributed by atoms with Crippen molar-refractivity contribution in [1.82, 2.24) is 0 Å². The average Bonchev–Trinajstić information content (AvgIpc) is 2.22. The zero-order valence-corrected chi connectivity index (χ0v) is 11.2. The maximum Gasteiger partial charge on any atom is 0.411 e. The van der Waals surface area contributed by atoms with Crippen molar-refractivity contribution in [3.63, 3.8) is 0 Å². The highest BCUT2D eigenvalue weighted by atomic mass is 79.9. The van der Waals surface area contributed by atoms with Gasteiger partial charge in [-0.1, -0.05) is 22.0 Å². The maximum absolute atomic E-state index is 11.8. The SMILES string of the molecule is CC(N)c1ccc(Br)cc1OCOCC(F)(F)F. The van der Waals surface area contributed by atoms with Gasteiger partial charge in [0.15, 0.2) is 6.79 Å². The van der Waals surface area contributed by atoms with Gasteiger partial charge in [0.2, 0.25) is 0 Å². The zero-order chi connectivity index (χ0) is 13.8. The predicted molar refractivity (Wildman–Crippen MR) is 64.2 cm³/mol. The van der Waals surface area contributed by atoms with Crippen LogP contribution in [-0.2, 0) is 4.74 Å². The maximum atomic E-state index is 11.8. The minimum atomic E-state index is -4.36. The molecule has 0 bridgehead atoms. The Morgan fingerprint density at radius 2 is 2.06 bits per heavy atom. The first-order valence-corrected chi connectivity index (χ1v) is 5.91. The number of alkyl halides is 3. The molecule has 0 aliphatic rings. The Bertz CT molecular complexity index is 396. The lowest BCUT2D eigenvalue weighted by Gasteiger charge is -2.15. The van der Waals surface area contributed by atoms with E-state index in [2.05, 4.69) is 20.7 Å². The van der Waals surface area contributed by atoms with Crippen LogP contribution in [0.25, 0.3) is 0 Å². The lowest BCUT2D eigenvalue weighted by atomic mass is 10.1. The Kier molecular flexibility index (Phi) is 5.43. The van der Waals surface area contributed by atoms with E-state index in [1.165, 1.54) is 0 Å². The Labute approximate surface area is 111 Å². The third-order valence-electron chi connectivity index (χ3n) is 2.03. The smallest absolute Gasteiger partial charge is 0.411 e. The highest BCUT2D eigenvalue weighted by Gasteiger charge is 2.27. The largest absolute Gasteiger partial charge is 0.467 e. The summed E-state index contributed by atoms with van der Waals surface area (Å²) in [6.45, 7) is -0.0587. The van der Waals surface area contributed by atoms with Crippen LogP contribution in [0, 0.1) is 0 Å². The molecule has 0 spiro atoms. The molecule has 1 aromatic carbocycles. The number of rotatable bonds is 5. The van der Waals surface area contributed by atoms with Gasteiger partial charge >= 0.3 is 6.18 Å². The molecular formula is C11H13BrF3NO2. The van der Waals surface area contributed by atoms with Gasteiger partial charge in [-0.15, -0.1) is 0 Å². The van der Waals surface area contributed by atoms with Crippen molar-refractivity contribution in [2.24, 2.45) is 5.73 Å². The van der Waals surface area contributed by atoms with E-state index < -0.39 is 19.6 Å². The van der Waals surface area contributed by atoms with Crippen LogP contribution in [0.5, 0.6) is 5.75 Å². The fourth-order valence-electron chi connectivity index (χ4n) is 1.27. The van der Waals surface area contributed by atoms with Crippen LogP contribution in [0.4, 0.5) is 13.2 Å². The first kappa shape index (κ1) is 15.3. The molecule has 7 heteroatoms. The molecule has 0 aliphatic heterocycles. The Morgan fingerprint density at radius 3 is 2.61 bits per heavy atom. The lowest BCUT2D eigenvalue weighted by molar-refractivity contribution is -0.186. The number of nitrogens with two attached hydrogens (primary N) is 1. The molecule has 1 rings (SSSR count). The molecule has 0 aromatic heterocycles. The summed E-state index contributed by atoms with van der Waals surface area (Å²) in [6, 6.07) is 4.88. The molecule has 0 heterocycles. The van der Waals surface area contributed by atoms with Crippen molar-refractivity contribution >= 4 is 15.9 Å². The summed E-state index contributed by atoms with van der Waals surface area (Å²) >= 11 is 3.24. The molecule has 0 aliphatic carbocycles. The fourth-order valence-corrected chi connectivity index (χ4v) is 1.61. The standard InChI is InChI=1S/C11H13BrF3NO2/c1-7(16)9-3-2-8(12)4-10(9)18-6-17-5-11(13,14)15/h2-4,7H,5-6,16H2,1H3. The third-order valence-corrected chi connectivity index (χ3v) is 2.52. The van der Waals surface area contributed by atoms with E-state index in [1.807, 2.05) is 0 Å². The molecule has 1 aromatic rings. The van der Waals surface area contributed by atoms with Crippen LogP contribution in [0.3, 0.4) is 0 Å².